The summed E-state index contributed by atoms with van der Waals surface area (Å²) in [6.45, 7) is 5.83. The van der Waals surface area contributed by atoms with Crippen LogP contribution in [0, 0.1) is 0 Å². The summed E-state index contributed by atoms with van der Waals surface area (Å²) in [6.07, 6.45) is 2.14. The first-order chi connectivity index (χ1) is 8.24. The van der Waals surface area contributed by atoms with Crippen molar-refractivity contribution in [3.63, 3.8) is 0 Å². The van der Waals surface area contributed by atoms with Gasteiger partial charge < -0.3 is 15.0 Å². The van der Waals surface area contributed by atoms with Gasteiger partial charge in [-0.25, -0.2) is 0 Å². The minimum atomic E-state index is 0.251. The summed E-state index contributed by atoms with van der Waals surface area (Å²) in [7, 11) is 3.73. The van der Waals surface area contributed by atoms with Gasteiger partial charge in [0, 0.05) is 39.9 Å². The summed E-state index contributed by atoms with van der Waals surface area (Å²) in [4.78, 5) is 16.0. The number of unbranched alkanes of at least 4 members (excludes halogenated alkanes) is 1. The fraction of sp³-hybridized carbons (Fsp3) is 0.917. The van der Waals surface area contributed by atoms with Crippen LogP contribution in [0.15, 0.2) is 0 Å². The molecule has 0 atom stereocenters. The molecule has 0 aromatic carbocycles. The molecular weight excluding hydrogens is 218 g/mol. The van der Waals surface area contributed by atoms with Gasteiger partial charge in [-0.2, -0.15) is 0 Å². The van der Waals surface area contributed by atoms with Crippen molar-refractivity contribution in [1.82, 2.24) is 15.1 Å². The summed E-state index contributed by atoms with van der Waals surface area (Å²) >= 11 is 0. The van der Waals surface area contributed by atoms with Gasteiger partial charge in [-0.15, -0.1) is 0 Å². The average molecular weight is 243 g/mol. The highest BCUT2D eigenvalue weighted by Crippen LogP contribution is 1.97. The number of methoxy groups -OCH3 is 1. The highest BCUT2D eigenvalue weighted by Gasteiger charge is 2.17. The molecule has 0 radical (unpaired) electrons. The topological polar surface area (TPSA) is 44.8 Å². The maximum atomic E-state index is 11.9. The van der Waals surface area contributed by atoms with E-state index in [2.05, 4.69) is 10.2 Å². The number of ether oxygens (including phenoxy) is 1. The molecule has 1 N–H and O–H groups in total. The highest BCUT2D eigenvalue weighted by atomic mass is 16.5. The second kappa shape index (κ2) is 8.44. The Morgan fingerprint density at radius 2 is 2.06 bits per heavy atom. The second-order valence-electron chi connectivity index (χ2n) is 4.57. The van der Waals surface area contributed by atoms with E-state index in [1.807, 2.05) is 11.9 Å². The lowest BCUT2D eigenvalue weighted by atomic mass is 10.3. The Kier molecular flexibility index (Phi) is 7.16. The van der Waals surface area contributed by atoms with Crippen LogP contribution in [0.5, 0.6) is 0 Å². The van der Waals surface area contributed by atoms with Crippen LogP contribution < -0.4 is 5.32 Å². The Morgan fingerprint density at radius 1 is 1.35 bits per heavy atom. The van der Waals surface area contributed by atoms with Crippen molar-refractivity contribution in [2.75, 3.05) is 60.0 Å². The van der Waals surface area contributed by atoms with Crippen molar-refractivity contribution in [2.45, 2.75) is 12.8 Å². The van der Waals surface area contributed by atoms with Crippen LogP contribution in [0.1, 0.15) is 12.8 Å². The van der Waals surface area contributed by atoms with E-state index in [0.29, 0.717) is 6.54 Å². The first kappa shape index (κ1) is 14.4. The molecule has 100 valence electrons. The van der Waals surface area contributed by atoms with E-state index in [-0.39, 0.29) is 5.91 Å². The summed E-state index contributed by atoms with van der Waals surface area (Å²) < 4.78 is 5.00. The van der Waals surface area contributed by atoms with Gasteiger partial charge in [0.25, 0.3) is 0 Å². The molecule has 0 saturated carbocycles. The number of hydrogen-bond donors (Lipinski definition) is 1. The third kappa shape index (κ3) is 6.00. The van der Waals surface area contributed by atoms with Crippen LogP contribution in [-0.4, -0.2) is 75.7 Å². The summed E-state index contributed by atoms with van der Waals surface area (Å²) in [5.74, 6) is 0.251. The van der Waals surface area contributed by atoms with Gasteiger partial charge in [-0.05, 0) is 26.4 Å². The van der Waals surface area contributed by atoms with Crippen molar-refractivity contribution in [3.05, 3.63) is 0 Å². The number of likely N-dealkylation sites (N-methyl/N-ethyl adjacent to an activating group) is 1. The van der Waals surface area contributed by atoms with Gasteiger partial charge >= 0.3 is 0 Å². The van der Waals surface area contributed by atoms with Crippen LogP contribution in [-0.2, 0) is 9.53 Å². The van der Waals surface area contributed by atoms with Crippen molar-refractivity contribution in [3.8, 4) is 0 Å². The number of hydrogen-bond acceptors (Lipinski definition) is 4. The zero-order chi connectivity index (χ0) is 12.5. The molecule has 1 amide bonds. The van der Waals surface area contributed by atoms with Crippen molar-refractivity contribution in [2.24, 2.45) is 0 Å². The highest BCUT2D eigenvalue weighted by molar-refractivity contribution is 5.78. The lowest BCUT2D eigenvalue weighted by molar-refractivity contribution is -0.132. The molecule has 0 bridgehead atoms. The number of carbonyl (C=O) groups is 1. The van der Waals surface area contributed by atoms with E-state index >= 15 is 0 Å². The molecule has 1 fully saturated rings. The van der Waals surface area contributed by atoms with E-state index < -0.39 is 0 Å². The standard InChI is InChI=1S/C12H25N3O2/c1-14(7-3-4-10-17-2)11-12(16)15-8-5-13-6-9-15/h13H,3-11H2,1-2H3. The quantitative estimate of drug-likeness (QED) is 0.628. The Balaban J connectivity index is 2.11. The predicted molar refractivity (Wildman–Crippen MR) is 68.1 cm³/mol. The van der Waals surface area contributed by atoms with Gasteiger partial charge in [0.2, 0.25) is 5.91 Å². The van der Waals surface area contributed by atoms with Gasteiger partial charge in [0.05, 0.1) is 6.54 Å². The van der Waals surface area contributed by atoms with Crippen LogP contribution in [0.25, 0.3) is 0 Å². The molecule has 17 heavy (non-hydrogen) atoms. The SMILES string of the molecule is COCCCCN(C)CC(=O)N1CCNCC1. The minimum Gasteiger partial charge on any atom is -0.385 e. The Morgan fingerprint density at radius 3 is 2.71 bits per heavy atom. The number of amides is 1. The second-order valence-corrected chi connectivity index (χ2v) is 4.57. The minimum absolute atomic E-state index is 0.251. The molecule has 0 aliphatic carbocycles. The normalized spacial score (nSPS) is 16.5. The summed E-state index contributed by atoms with van der Waals surface area (Å²) in [5.41, 5.74) is 0. The van der Waals surface area contributed by atoms with Gasteiger partial charge in [-0.1, -0.05) is 0 Å². The van der Waals surface area contributed by atoms with Gasteiger partial charge in [0.1, 0.15) is 0 Å². The first-order valence-corrected chi connectivity index (χ1v) is 6.40. The molecule has 1 heterocycles. The fourth-order valence-electron chi connectivity index (χ4n) is 1.95. The third-order valence-corrected chi connectivity index (χ3v) is 3.01. The van der Waals surface area contributed by atoms with Crippen molar-refractivity contribution >= 4 is 5.91 Å². The largest absolute Gasteiger partial charge is 0.385 e. The molecule has 0 aromatic rings. The maximum Gasteiger partial charge on any atom is 0.236 e. The number of nitrogens with zero attached hydrogens (tertiary/aromatic N) is 2. The Hall–Kier alpha value is -0.650. The van der Waals surface area contributed by atoms with E-state index in [4.69, 9.17) is 4.74 Å². The summed E-state index contributed by atoms with van der Waals surface area (Å²) in [6, 6.07) is 0. The van der Waals surface area contributed by atoms with E-state index in [0.717, 1.165) is 52.2 Å². The van der Waals surface area contributed by atoms with Gasteiger partial charge in [0.15, 0.2) is 0 Å². The predicted octanol–water partition coefficient (Wildman–Crippen LogP) is -0.223. The lowest BCUT2D eigenvalue weighted by Gasteiger charge is -2.29. The third-order valence-electron chi connectivity index (χ3n) is 3.01. The monoisotopic (exact) mass is 243 g/mol. The van der Waals surface area contributed by atoms with Gasteiger partial charge in [-0.3, -0.25) is 9.69 Å². The average Bonchev–Trinajstić information content (AvgIpc) is 2.36. The van der Waals surface area contributed by atoms with E-state index in [1.165, 1.54) is 0 Å². The van der Waals surface area contributed by atoms with E-state index in [1.54, 1.807) is 7.11 Å². The Bertz CT molecular complexity index is 218. The Labute approximate surface area is 104 Å². The van der Waals surface area contributed by atoms with Crippen molar-refractivity contribution in [1.29, 1.82) is 0 Å². The number of piperazine rings is 1. The summed E-state index contributed by atoms with van der Waals surface area (Å²) in [5, 5.41) is 3.25. The number of rotatable bonds is 7. The zero-order valence-corrected chi connectivity index (χ0v) is 11.1. The zero-order valence-electron chi connectivity index (χ0n) is 11.1. The molecule has 0 aromatic heterocycles. The van der Waals surface area contributed by atoms with Crippen LogP contribution in [0.2, 0.25) is 0 Å². The van der Waals surface area contributed by atoms with Crippen LogP contribution in [0.4, 0.5) is 0 Å². The van der Waals surface area contributed by atoms with E-state index in [9.17, 15) is 4.79 Å². The molecule has 1 aliphatic rings. The van der Waals surface area contributed by atoms with Crippen LogP contribution in [0.3, 0.4) is 0 Å². The smallest absolute Gasteiger partial charge is 0.236 e. The maximum absolute atomic E-state index is 11.9. The van der Waals surface area contributed by atoms with Crippen molar-refractivity contribution < 1.29 is 9.53 Å². The molecule has 1 rings (SSSR count). The number of nitrogens with one attached hydrogen (secondary N) is 1. The molecule has 1 saturated heterocycles. The first-order valence-electron chi connectivity index (χ1n) is 6.40. The molecule has 0 spiro atoms. The molecule has 1 aliphatic heterocycles. The number of carbonyl (C=O) groups excluding carboxylic acids is 1. The molecular formula is C12H25N3O2. The molecule has 0 unspecified atom stereocenters. The fourth-order valence-corrected chi connectivity index (χ4v) is 1.95. The molecule has 5 heteroatoms. The molecule has 5 nitrogen and oxygen atoms in total. The van der Waals surface area contributed by atoms with Crippen LogP contribution >= 0.6 is 0 Å². The lowest BCUT2D eigenvalue weighted by Crippen LogP contribution is -2.49.